The van der Waals surface area contributed by atoms with Gasteiger partial charge in [-0.1, -0.05) is 18.2 Å². The van der Waals surface area contributed by atoms with Crippen molar-refractivity contribution >= 4 is 5.71 Å². The van der Waals surface area contributed by atoms with Crippen LogP contribution in [0.15, 0.2) is 65.6 Å². The maximum Gasteiger partial charge on any atom is 0.128 e. The van der Waals surface area contributed by atoms with E-state index in [4.69, 9.17) is 5.73 Å². The molecule has 0 aliphatic heterocycles. The van der Waals surface area contributed by atoms with E-state index in [-0.39, 0.29) is 12.4 Å². The Morgan fingerprint density at radius 2 is 1.95 bits per heavy atom. The SMILES string of the molecule is CC(N)=CC(=NCc1ccccc1F)c1ccncc1. The van der Waals surface area contributed by atoms with Crippen molar-refractivity contribution in [3.05, 3.63) is 77.5 Å². The fraction of sp³-hybridized carbons (Fsp3) is 0.125. The first-order valence-corrected chi connectivity index (χ1v) is 6.29. The molecule has 1 heterocycles. The van der Waals surface area contributed by atoms with E-state index in [9.17, 15) is 4.39 Å². The zero-order valence-corrected chi connectivity index (χ0v) is 11.3. The molecule has 3 nitrogen and oxygen atoms in total. The van der Waals surface area contributed by atoms with Gasteiger partial charge >= 0.3 is 0 Å². The molecule has 0 aliphatic carbocycles. The summed E-state index contributed by atoms with van der Waals surface area (Å²) in [5.74, 6) is -0.251. The van der Waals surface area contributed by atoms with E-state index in [1.165, 1.54) is 6.07 Å². The summed E-state index contributed by atoms with van der Waals surface area (Å²) >= 11 is 0. The number of nitrogens with two attached hydrogens (primary N) is 1. The summed E-state index contributed by atoms with van der Waals surface area (Å²) in [4.78, 5) is 8.43. The van der Waals surface area contributed by atoms with Crippen LogP contribution in [0.4, 0.5) is 4.39 Å². The molecule has 2 N–H and O–H groups in total. The largest absolute Gasteiger partial charge is 0.402 e. The maximum absolute atomic E-state index is 13.6. The first-order valence-electron chi connectivity index (χ1n) is 6.29. The molecule has 0 spiro atoms. The van der Waals surface area contributed by atoms with E-state index in [1.807, 2.05) is 12.1 Å². The number of hydrogen-bond acceptors (Lipinski definition) is 3. The minimum atomic E-state index is -0.251. The molecule has 4 heteroatoms. The third-order valence-corrected chi connectivity index (χ3v) is 2.72. The Kier molecular flexibility index (Phi) is 4.60. The number of aliphatic imine (C=N–C) groups is 1. The molecule has 20 heavy (non-hydrogen) atoms. The van der Waals surface area contributed by atoms with Crippen LogP contribution >= 0.6 is 0 Å². The Balaban J connectivity index is 2.31. The van der Waals surface area contributed by atoms with Gasteiger partial charge in [0.05, 0.1) is 12.3 Å². The number of rotatable bonds is 4. The van der Waals surface area contributed by atoms with E-state index >= 15 is 0 Å². The lowest BCUT2D eigenvalue weighted by atomic mass is 10.1. The summed E-state index contributed by atoms with van der Waals surface area (Å²) in [6.45, 7) is 2.06. The number of allylic oxidation sites excluding steroid dienone is 2. The van der Waals surface area contributed by atoms with Gasteiger partial charge in [-0.05, 0) is 31.2 Å². The normalized spacial score (nSPS) is 12.5. The smallest absolute Gasteiger partial charge is 0.128 e. The Morgan fingerprint density at radius 3 is 2.60 bits per heavy atom. The van der Waals surface area contributed by atoms with Crippen molar-refractivity contribution in [2.45, 2.75) is 13.5 Å². The molecule has 0 atom stereocenters. The van der Waals surface area contributed by atoms with Crippen LogP contribution in [0.1, 0.15) is 18.1 Å². The topological polar surface area (TPSA) is 51.3 Å². The molecular weight excluding hydrogens is 253 g/mol. The van der Waals surface area contributed by atoms with Crippen molar-refractivity contribution in [1.29, 1.82) is 0 Å². The van der Waals surface area contributed by atoms with Crippen LogP contribution < -0.4 is 5.73 Å². The van der Waals surface area contributed by atoms with Gasteiger partial charge in [-0.2, -0.15) is 0 Å². The molecule has 0 saturated heterocycles. The van der Waals surface area contributed by atoms with E-state index in [0.717, 1.165) is 11.3 Å². The fourth-order valence-corrected chi connectivity index (χ4v) is 1.76. The van der Waals surface area contributed by atoms with Gasteiger partial charge in [0.1, 0.15) is 5.82 Å². The summed E-state index contributed by atoms with van der Waals surface area (Å²) < 4.78 is 13.6. The molecule has 0 unspecified atom stereocenters. The number of hydrogen-bond donors (Lipinski definition) is 1. The van der Waals surface area contributed by atoms with Crippen molar-refractivity contribution in [2.24, 2.45) is 10.7 Å². The van der Waals surface area contributed by atoms with Crippen LogP contribution in [0.25, 0.3) is 0 Å². The van der Waals surface area contributed by atoms with Crippen LogP contribution in [0.3, 0.4) is 0 Å². The average Bonchev–Trinajstić information content (AvgIpc) is 2.45. The Morgan fingerprint density at radius 1 is 1.25 bits per heavy atom. The minimum absolute atomic E-state index is 0.251. The van der Waals surface area contributed by atoms with Crippen LogP contribution in [-0.2, 0) is 6.54 Å². The van der Waals surface area contributed by atoms with E-state index in [2.05, 4.69) is 9.98 Å². The van der Waals surface area contributed by atoms with Crippen LogP contribution in [0.5, 0.6) is 0 Å². The number of benzene rings is 1. The van der Waals surface area contributed by atoms with Gasteiger partial charge in [-0.25, -0.2) is 4.39 Å². The fourth-order valence-electron chi connectivity index (χ4n) is 1.76. The zero-order chi connectivity index (χ0) is 14.4. The maximum atomic E-state index is 13.6. The van der Waals surface area contributed by atoms with Crippen LogP contribution in [0, 0.1) is 5.82 Å². The summed E-state index contributed by atoms with van der Waals surface area (Å²) in [6, 6.07) is 10.3. The second kappa shape index (κ2) is 6.61. The van der Waals surface area contributed by atoms with Gasteiger partial charge < -0.3 is 5.73 Å². The van der Waals surface area contributed by atoms with Crippen molar-refractivity contribution < 1.29 is 4.39 Å². The lowest BCUT2D eigenvalue weighted by Gasteiger charge is -2.04. The van der Waals surface area contributed by atoms with Crippen molar-refractivity contribution in [3.63, 3.8) is 0 Å². The van der Waals surface area contributed by atoms with Crippen molar-refractivity contribution in [1.82, 2.24) is 4.98 Å². The molecule has 0 radical (unpaired) electrons. The van der Waals surface area contributed by atoms with Gasteiger partial charge in [-0.15, -0.1) is 0 Å². The number of halogens is 1. The molecule has 0 saturated carbocycles. The monoisotopic (exact) mass is 269 g/mol. The summed E-state index contributed by atoms with van der Waals surface area (Å²) in [7, 11) is 0. The zero-order valence-electron chi connectivity index (χ0n) is 11.3. The van der Waals surface area contributed by atoms with E-state index < -0.39 is 0 Å². The highest BCUT2D eigenvalue weighted by Crippen LogP contribution is 2.10. The van der Waals surface area contributed by atoms with Crippen LogP contribution in [-0.4, -0.2) is 10.7 Å². The van der Waals surface area contributed by atoms with Crippen molar-refractivity contribution in [3.8, 4) is 0 Å². The summed E-state index contributed by atoms with van der Waals surface area (Å²) in [6.07, 6.45) is 5.15. The van der Waals surface area contributed by atoms with Gasteiger partial charge in [0.25, 0.3) is 0 Å². The standard InChI is InChI=1S/C16H16FN3/c1-12(18)10-16(13-6-8-19-9-7-13)20-11-14-4-2-3-5-15(14)17/h2-10H,11,18H2,1H3. The number of nitrogens with zero attached hydrogens (tertiary/aromatic N) is 2. The number of pyridine rings is 1. The third-order valence-electron chi connectivity index (χ3n) is 2.72. The second-order valence-corrected chi connectivity index (χ2v) is 4.42. The van der Waals surface area contributed by atoms with Crippen molar-refractivity contribution in [2.75, 3.05) is 0 Å². The Labute approximate surface area is 117 Å². The highest BCUT2D eigenvalue weighted by molar-refractivity contribution is 6.08. The molecule has 102 valence electrons. The van der Waals surface area contributed by atoms with E-state index in [1.54, 1.807) is 43.6 Å². The second-order valence-electron chi connectivity index (χ2n) is 4.42. The average molecular weight is 269 g/mol. The Hall–Kier alpha value is -2.49. The molecule has 2 rings (SSSR count). The minimum Gasteiger partial charge on any atom is -0.402 e. The molecule has 0 aliphatic rings. The number of aromatic nitrogens is 1. The summed E-state index contributed by atoms with van der Waals surface area (Å²) in [5, 5.41) is 0. The highest BCUT2D eigenvalue weighted by atomic mass is 19.1. The summed E-state index contributed by atoms with van der Waals surface area (Å²) in [5.41, 5.74) is 8.55. The molecule has 0 bridgehead atoms. The molecule has 0 amide bonds. The van der Waals surface area contributed by atoms with Gasteiger partial charge in [0, 0.05) is 29.2 Å². The van der Waals surface area contributed by atoms with Crippen LogP contribution in [0.2, 0.25) is 0 Å². The highest BCUT2D eigenvalue weighted by Gasteiger charge is 2.03. The lowest BCUT2D eigenvalue weighted by Crippen LogP contribution is -2.03. The van der Waals surface area contributed by atoms with Gasteiger partial charge in [0.2, 0.25) is 0 Å². The van der Waals surface area contributed by atoms with E-state index in [0.29, 0.717) is 11.3 Å². The molecular formula is C16H16FN3. The van der Waals surface area contributed by atoms with Gasteiger partial charge in [-0.3, -0.25) is 9.98 Å². The first kappa shape index (κ1) is 13.9. The predicted octanol–water partition coefficient (Wildman–Crippen LogP) is 3.07. The molecule has 0 fully saturated rings. The third kappa shape index (κ3) is 3.75. The first-order chi connectivity index (χ1) is 9.66. The molecule has 2 aromatic rings. The quantitative estimate of drug-likeness (QED) is 0.867. The molecule has 1 aromatic heterocycles. The Bertz CT molecular complexity index is 629. The molecule has 1 aromatic carbocycles. The predicted molar refractivity (Wildman–Crippen MR) is 78.8 cm³/mol. The lowest BCUT2D eigenvalue weighted by molar-refractivity contribution is 0.611. The van der Waals surface area contributed by atoms with Gasteiger partial charge in [0.15, 0.2) is 0 Å².